The van der Waals surface area contributed by atoms with Crippen molar-refractivity contribution in [2.75, 3.05) is 18.5 Å². The molecule has 1 atom stereocenters. The predicted octanol–water partition coefficient (Wildman–Crippen LogP) is 4.66. The number of halogens is 1. The third-order valence-corrected chi connectivity index (χ3v) is 4.73. The number of benzene rings is 1. The van der Waals surface area contributed by atoms with Crippen LogP contribution >= 0.6 is 0 Å². The van der Waals surface area contributed by atoms with Gasteiger partial charge in [-0.05, 0) is 38.4 Å². The summed E-state index contributed by atoms with van der Waals surface area (Å²) in [5.74, 6) is -0.0959. The number of nitrogens with zero attached hydrogens (tertiary/aromatic N) is 1. The van der Waals surface area contributed by atoms with Crippen LogP contribution in [0.1, 0.15) is 64.0 Å². The van der Waals surface area contributed by atoms with E-state index in [0.29, 0.717) is 6.04 Å². The van der Waals surface area contributed by atoms with Gasteiger partial charge in [0.15, 0.2) is 0 Å². The summed E-state index contributed by atoms with van der Waals surface area (Å²) in [4.78, 5) is 2.32. The Hall–Kier alpha value is -1.09. The van der Waals surface area contributed by atoms with E-state index >= 15 is 0 Å². The van der Waals surface area contributed by atoms with Crippen LogP contribution < -0.4 is 10.2 Å². The molecule has 1 aliphatic carbocycles. The van der Waals surface area contributed by atoms with E-state index in [2.05, 4.69) is 30.3 Å². The van der Waals surface area contributed by atoms with Gasteiger partial charge in [0.05, 0.1) is 0 Å². The van der Waals surface area contributed by atoms with Crippen molar-refractivity contribution in [1.82, 2.24) is 5.32 Å². The summed E-state index contributed by atoms with van der Waals surface area (Å²) in [7, 11) is 2.13. The Labute approximate surface area is 128 Å². The van der Waals surface area contributed by atoms with Crippen LogP contribution in [0.25, 0.3) is 0 Å². The summed E-state index contributed by atoms with van der Waals surface area (Å²) in [6.07, 6.45) is 7.72. The lowest BCUT2D eigenvalue weighted by atomic mass is 10.0. The standard InChI is InChI=1S/C18H29FN2/c1-4-20-14(2)18-16(19)12-9-13-17(18)21(3)15-10-7-5-6-8-11-15/h9,12-15,20H,4-8,10-11H2,1-3H3. The molecule has 1 unspecified atom stereocenters. The van der Waals surface area contributed by atoms with Gasteiger partial charge in [-0.25, -0.2) is 4.39 Å². The van der Waals surface area contributed by atoms with Crippen LogP contribution in [0.15, 0.2) is 18.2 Å². The van der Waals surface area contributed by atoms with Crippen molar-refractivity contribution in [1.29, 1.82) is 0 Å². The maximum absolute atomic E-state index is 14.4. The first-order chi connectivity index (χ1) is 10.1. The number of hydrogen-bond acceptors (Lipinski definition) is 2. The quantitative estimate of drug-likeness (QED) is 0.794. The molecule has 1 N–H and O–H groups in total. The van der Waals surface area contributed by atoms with E-state index in [0.717, 1.165) is 17.8 Å². The van der Waals surface area contributed by atoms with E-state index in [4.69, 9.17) is 0 Å². The molecule has 0 aliphatic heterocycles. The molecule has 118 valence electrons. The van der Waals surface area contributed by atoms with Crippen LogP contribution in [0.3, 0.4) is 0 Å². The van der Waals surface area contributed by atoms with Crippen molar-refractivity contribution in [3.8, 4) is 0 Å². The molecule has 0 spiro atoms. The van der Waals surface area contributed by atoms with Gasteiger partial charge in [0, 0.05) is 30.4 Å². The molecule has 0 radical (unpaired) electrons. The second-order valence-corrected chi connectivity index (χ2v) is 6.21. The normalized spacial score (nSPS) is 18.3. The largest absolute Gasteiger partial charge is 0.371 e. The molecule has 0 heterocycles. The highest BCUT2D eigenvalue weighted by molar-refractivity contribution is 5.55. The SMILES string of the molecule is CCNC(C)c1c(F)cccc1N(C)C1CCCCCC1. The first-order valence-electron chi connectivity index (χ1n) is 8.39. The molecule has 1 aliphatic rings. The summed E-state index contributed by atoms with van der Waals surface area (Å²) in [5.41, 5.74) is 1.86. The lowest BCUT2D eigenvalue weighted by Crippen LogP contribution is -2.33. The molecule has 1 fully saturated rings. The monoisotopic (exact) mass is 292 g/mol. The van der Waals surface area contributed by atoms with Gasteiger partial charge in [0.2, 0.25) is 0 Å². The van der Waals surface area contributed by atoms with Crippen molar-refractivity contribution in [2.45, 2.75) is 64.5 Å². The van der Waals surface area contributed by atoms with Gasteiger partial charge in [-0.2, -0.15) is 0 Å². The van der Waals surface area contributed by atoms with E-state index < -0.39 is 0 Å². The number of rotatable bonds is 5. The van der Waals surface area contributed by atoms with Crippen molar-refractivity contribution in [3.05, 3.63) is 29.6 Å². The number of nitrogens with one attached hydrogen (secondary N) is 1. The Morgan fingerprint density at radius 1 is 1.24 bits per heavy atom. The average Bonchev–Trinajstić information content (AvgIpc) is 2.75. The van der Waals surface area contributed by atoms with Crippen LogP contribution in [0.4, 0.5) is 10.1 Å². The molecule has 0 saturated heterocycles. The van der Waals surface area contributed by atoms with Crippen LogP contribution in [-0.4, -0.2) is 19.6 Å². The second-order valence-electron chi connectivity index (χ2n) is 6.21. The van der Waals surface area contributed by atoms with Crippen molar-refractivity contribution in [2.24, 2.45) is 0 Å². The lowest BCUT2D eigenvalue weighted by Gasteiger charge is -2.32. The Bertz CT molecular complexity index is 439. The molecule has 3 heteroatoms. The molecular formula is C18H29FN2. The zero-order valence-electron chi connectivity index (χ0n) is 13.7. The van der Waals surface area contributed by atoms with E-state index in [1.54, 1.807) is 6.07 Å². The Kier molecular flexibility index (Phi) is 6.04. The molecule has 2 nitrogen and oxygen atoms in total. The Morgan fingerprint density at radius 3 is 2.52 bits per heavy atom. The van der Waals surface area contributed by atoms with E-state index in [9.17, 15) is 4.39 Å². The van der Waals surface area contributed by atoms with Gasteiger partial charge >= 0.3 is 0 Å². The van der Waals surface area contributed by atoms with Gasteiger partial charge in [-0.3, -0.25) is 0 Å². The summed E-state index contributed by atoms with van der Waals surface area (Å²) in [6, 6.07) is 6.06. The lowest BCUT2D eigenvalue weighted by molar-refractivity contribution is 0.523. The van der Waals surface area contributed by atoms with Crippen LogP contribution in [0.2, 0.25) is 0 Å². The van der Waals surface area contributed by atoms with Gasteiger partial charge in [0.25, 0.3) is 0 Å². The van der Waals surface area contributed by atoms with Gasteiger partial charge < -0.3 is 10.2 Å². The molecule has 1 aromatic rings. The highest BCUT2D eigenvalue weighted by Crippen LogP contribution is 2.32. The molecule has 2 rings (SSSR count). The molecule has 0 amide bonds. The molecule has 0 bridgehead atoms. The zero-order valence-corrected chi connectivity index (χ0v) is 13.7. The smallest absolute Gasteiger partial charge is 0.130 e. The fourth-order valence-electron chi connectivity index (χ4n) is 3.51. The zero-order chi connectivity index (χ0) is 15.2. The number of anilines is 1. The van der Waals surface area contributed by atoms with E-state index in [1.165, 1.54) is 38.5 Å². The minimum atomic E-state index is -0.0959. The summed E-state index contributed by atoms with van der Waals surface area (Å²) in [5, 5.41) is 3.35. The summed E-state index contributed by atoms with van der Waals surface area (Å²) < 4.78 is 14.4. The topological polar surface area (TPSA) is 15.3 Å². The van der Waals surface area contributed by atoms with Crippen molar-refractivity contribution >= 4 is 5.69 Å². The van der Waals surface area contributed by atoms with Crippen LogP contribution in [-0.2, 0) is 0 Å². The van der Waals surface area contributed by atoms with Crippen molar-refractivity contribution in [3.63, 3.8) is 0 Å². The highest BCUT2D eigenvalue weighted by atomic mass is 19.1. The second kappa shape index (κ2) is 7.79. The third-order valence-electron chi connectivity index (χ3n) is 4.73. The maximum atomic E-state index is 14.4. The molecular weight excluding hydrogens is 263 g/mol. The van der Waals surface area contributed by atoms with Crippen LogP contribution in [0.5, 0.6) is 0 Å². The Balaban J connectivity index is 2.26. The molecule has 1 aromatic carbocycles. The highest BCUT2D eigenvalue weighted by Gasteiger charge is 2.22. The van der Waals surface area contributed by atoms with E-state index in [-0.39, 0.29) is 11.9 Å². The first kappa shape index (κ1) is 16.3. The first-order valence-corrected chi connectivity index (χ1v) is 8.39. The Morgan fingerprint density at radius 2 is 1.90 bits per heavy atom. The van der Waals surface area contributed by atoms with Crippen LogP contribution in [0, 0.1) is 5.82 Å². The molecule has 1 saturated carbocycles. The predicted molar refractivity (Wildman–Crippen MR) is 88.4 cm³/mol. The minimum Gasteiger partial charge on any atom is -0.371 e. The fourth-order valence-corrected chi connectivity index (χ4v) is 3.51. The summed E-state index contributed by atoms with van der Waals surface area (Å²) in [6.45, 7) is 4.96. The van der Waals surface area contributed by atoms with Gasteiger partial charge in [-0.15, -0.1) is 0 Å². The molecule has 21 heavy (non-hydrogen) atoms. The third kappa shape index (κ3) is 3.97. The van der Waals surface area contributed by atoms with E-state index in [1.807, 2.05) is 13.0 Å². The fraction of sp³-hybridized carbons (Fsp3) is 0.667. The van der Waals surface area contributed by atoms with Gasteiger partial charge in [0.1, 0.15) is 5.82 Å². The van der Waals surface area contributed by atoms with Gasteiger partial charge in [-0.1, -0.05) is 38.7 Å². The summed E-state index contributed by atoms with van der Waals surface area (Å²) >= 11 is 0. The van der Waals surface area contributed by atoms with Crippen molar-refractivity contribution < 1.29 is 4.39 Å². The number of hydrogen-bond donors (Lipinski definition) is 1. The maximum Gasteiger partial charge on any atom is 0.130 e. The average molecular weight is 292 g/mol. The molecule has 0 aromatic heterocycles. The minimum absolute atomic E-state index is 0.0411.